The first kappa shape index (κ1) is 24.8. The van der Waals surface area contributed by atoms with Crippen LogP contribution in [0.5, 0.6) is 0 Å². The molecule has 0 aliphatic heterocycles. The first-order chi connectivity index (χ1) is 18.0. The number of aromatic nitrogens is 2. The van der Waals surface area contributed by atoms with E-state index < -0.39 is 0 Å². The van der Waals surface area contributed by atoms with Gasteiger partial charge in [-0.05, 0) is 34.1 Å². The minimum Gasteiger partial charge on any atom is -0.225 e. The van der Waals surface area contributed by atoms with E-state index in [4.69, 9.17) is 0 Å². The van der Waals surface area contributed by atoms with Crippen LogP contribution >= 0.6 is 0 Å². The molecular weight excluding hydrogens is 448 g/mol. The van der Waals surface area contributed by atoms with Crippen molar-refractivity contribution < 1.29 is 4.57 Å². The van der Waals surface area contributed by atoms with Crippen molar-refractivity contribution in [2.75, 3.05) is 0 Å². The van der Waals surface area contributed by atoms with Gasteiger partial charge in [0.2, 0.25) is 6.33 Å². The van der Waals surface area contributed by atoms with Gasteiger partial charge in [-0.15, -0.1) is 0 Å². The predicted molar refractivity (Wildman–Crippen MR) is 155 cm³/mol. The normalized spacial score (nSPS) is 11.4. The molecule has 0 aliphatic rings. The van der Waals surface area contributed by atoms with Gasteiger partial charge in [-0.3, -0.25) is 0 Å². The Morgan fingerprint density at radius 2 is 1.05 bits per heavy atom. The molecule has 1 heterocycles. The van der Waals surface area contributed by atoms with Crippen molar-refractivity contribution in [2.45, 2.75) is 52.6 Å². The van der Waals surface area contributed by atoms with Crippen LogP contribution in [0.3, 0.4) is 0 Å². The Balaban J connectivity index is 1.71. The van der Waals surface area contributed by atoms with Gasteiger partial charge in [0, 0.05) is 11.1 Å². The van der Waals surface area contributed by atoms with E-state index in [-0.39, 0.29) is 0 Å². The predicted octanol–water partition coefficient (Wildman–Crippen LogP) is 8.45. The average molecular weight is 486 g/mol. The second-order valence-corrected chi connectivity index (χ2v) is 10.6. The Bertz CT molecular complexity index is 1310. The second-order valence-electron chi connectivity index (χ2n) is 10.6. The monoisotopic (exact) mass is 485 g/mol. The third-order valence-electron chi connectivity index (χ3n) is 7.17. The second kappa shape index (κ2) is 11.0. The zero-order valence-corrected chi connectivity index (χ0v) is 22.4. The van der Waals surface area contributed by atoms with Gasteiger partial charge in [0.05, 0.1) is 0 Å². The zero-order chi connectivity index (χ0) is 25.8. The lowest BCUT2D eigenvalue weighted by Crippen LogP contribution is -2.34. The summed E-state index contributed by atoms with van der Waals surface area (Å²) in [4.78, 5) is 0. The Hall–Kier alpha value is -3.91. The van der Waals surface area contributed by atoms with Crippen molar-refractivity contribution in [3.05, 3.63) is 138 Å². The Labute approximate surface area is 221 Å². The highest BCUT2D eigenvalue weighted by Gasteiger charge is 2.27. The minimum atomic E-state index is 0.510. The molecule has 4 aromatic carbocycles. The van der Waals surface area contributed by atoms with E-state index in [1.165, 1.54) is 44.8 Å². The largest absolute Gasteiger partial charge is 0.245 e. The summed E-state index contributed by atoms with van der Waals surface area (Å²) in [5.74, 6) is 1.02. The third kappa shape index (κ3) is 5.59. The van der Waals surface area contributed by atoms with Crippen LogP contribution in [0.25, 0.3) is 22.5 Å². The van der Waals surface area contributed by atoms with Crippen LogP contribution in [0.2, 0.25) is 0 Å². The standard InChI is InChI=1S/C35H37N2/c1-26(2)30-15-19-32(20-16-30)34-35(33-21-17-31(18-22-33)27(3)4)37(24-29-13-9-6-10-14-29)25-36(34)23-28-11-7-5-8-12-28/h5-22,25-27H,23-24H2,1-4H3/q+1. The molecule has 0 unspecified atom stereocenters. The molecule has 0 saturated heterocycles. The number of benzene rings is 4. The third-order valence-corrected chi connectivity index (χ3v) is 7.17. The van der Waals surface area contributed by atoms with Crippen molar-refractivity contribution in [1.82, 2.24) is 4.57 Å². The maximum atomic E-state index is 2.42. The number of hydrogen-bond acceptors (Lipinski definition) is 0. The SMILES string of the molecule is CC(C)c1ccc(-c2c(-c3ccc(C(C)C)cc3)[n+](Cc3ccccc3)cn2Cc2ccccc2)cc1. The number of hydrogen-bond donors (Lipinski definition) is 0. The number of imidazole rings is 1. The minimum absolute atomic E-state index is 0.510. The van der Waals surface area contributed by atoms with E-state index in [0.717, 1.165) is 13.1 Å². The van der Waals surface area contributed by atoms with E-state index >= 15 is 0 Å². The Kier molecular flexibility index (Phi) is 7.37. The molecule has 0 radical (unpaired) electrons. The van der Waals surface area contributed by atoms with Crippen LogP contribution in [-0.4, -0.2) is 4.57 Å². The number of nitrogens with zero attached hydrogens (tertiary/aromatic N) is 2. The van der Waals surface area contributed by atoms with Gasteiger partial charge < -0.3 is 0 Å². The smallest absolute Gasteiger partial charge is 0.225 e. The molecule has 0 atom stereocenters. The van der Waals surface area contributed by atoms with Gasteiger partial charge in [-0.2, -0.15) is 0 Å². The highest BCUT2D eigenvalue weighted by molar-refractivity contribution is 5.77. The molecule has 0 fully saturated rings. The van der Waals surface area contributed by atoms with E-state index in [2.05, 4.69) is 152 Å². The quantitative estimate of drug-likeness (QED) is 0.195. The molecule has 5 rings (SSSR count). The van der Waals surface area contributed by atoms with Crippen LogP contribution in [0.4, 0.5) is 0 Å². The summed E-state index contributed by atoms with van der Waals surface area (Å²) in [6.45, 7) is 10.7. The highest BCUT2D eigenvalue weighted by Crippen LogP contribution is 2.33. The van der Waals surface area contributed by atoms with Crippen LogP contribution in [0.15, 0.2) is 116 Å². The summed E-state index contributed by atoms with van der Waals surface area (Å²) in [6.07, 6.45) is 2.30. The fraction of sp³-hybridized carbons (Fsp3) is 0.229. The lowest BCUT2D eigenvalue weighted by molar-refractivity contribution is -0.677. The fourth-order valence-corrected chi connectivity index (χ4v) is 5.01. The molecule has 0 N–H and O–H groups in total. The summed E-state index contributed by atoms with van der Waals surface area (Å²) in [5, 5.41) is 0. The van der Waals surface area contributed by atoms with Crippen molar-refractivity contribution in [1.29, 1.82) is 0 Å². The molecule has 0 amide bonds. The molecule has 2 nitrogen and oxygen atoms in total. The molecule has 1 aromatic heterocycles. The lowest BCUT2D eigenvalue weighted by atomic mass is 9.97. The summed E-state index contributed by atoms with van der Waals surface area (Å²) in [5.41, 5.74) is 10.3. The maximum absolute atomic E-state index is 2.42. The van der Waals surface area contributed by atoms with Crippen molar-refractivity contribution in [2.24, 2.45) is 0 Å². The topological polar surface area (TPSA) is 8.81 Å². The summed E-state index contributed by atoms with van der Waals surface area (Å²) >= 11 is 0. The van der Waals surface area contributed by atoms with E-state index in [9.17, 15) is 0 Å². The van der Waals surface area contributed by atoms with Crippen LogP contribution < -0.4 is 4.57 Å². The van der Waals surface area contributed by atoms with E-state index in [0.29, 0.717) is 11.8 Å². The molecule has 0 bridgehead atoms. The molecule has 2 heteroatoms. The van der Waals surface area contributed by atoms with Gasteiger partial charge >= 0.3 is 0 Å². The first-order valence-corrected chi connectivity index (χ1v) is 13.4. The fourth-order valence-electron chi connectivity index (χ4n) is 5.01. The van der Waals surface area contributed by atoms with Crippen LogP contribution in [-0.2, 0) is 13.1 Å². The van der Waals surface area contributed by atoms with Crippen molar-refractivity contribution in [3.8, 4) is 22.5 Å². The van der Waals surface area contributed by atoms with E-state index in [1.54, 1.807) is 0 Å². The van der Waals surface area contributed by atoms with Crippen molar-refractivity contribution >= 4 is 0 Å². The Morgan fingerprint density at radius 1 is 0.568 bits per heavy atom. The molecule has 5 aromatic rings. The summed E-state index contributed by atoms with van der Waals surface area (Å²) in [6, 6.07) is 39.8. The maximum Gasteiger partial charge on any atom is 0.245 e. The van der Waals surface area contributed by atoms with Gasteiger partial charge in [-0.1, -0.05) is 137 Å². The average Bonchev–Trinajstić information content (AvgIpc) is 3.27. The first-order valence-electron chi connectivity index (χ1n) is 13.4. The van der Waals surface area contributed by atoms with Crippen molar-refractivity contribution in [3.63, 3.8) is 0 Å². The molecule has 0 aliphatic carbocycles. The van der Waals surface area contributed by atoms with E-state index in [1.807, 2.05) is 0 Å². The molecule has 0 spiro atoms. The molecule has 37 heavy (non-hydrogen) atoms. The lowest BCUT2D eigenvalue weighted by Gasteiger charge is -2.10. The zero-order valence-electron chi connectivity index (χ0n) is 22.4. The Morgan fingerprint density at radius 3 is 1.57 bits per heavy atom. The van der Waals surface area contributed by atoms with Gasteiger partial charge in [-0.25, -0.2) is 9.13 Å². The van der Waals surface area contributed by atoms with Crippen LogP contribution in [0, 0.1) is 0 Å². The van der Waals surface area contributed by atoms with Gasteiger partial charge in [0.1, 0.15) is 13.1 Å². The molecule has 0 saturated carbocycles. The molecular formula is C35H37N2+. The van der Waals surface area contributed by atoms with Gasteiger partial charge in [0.15, 0.2) is 11.4 Å². The summed E-state index contributed by atoms with van der Waals surface area (Å²) < 4.78 is 4.85. The molecule has 186 valence electrons. The number of rotatable bonds is 8. The van der Waals surface area contributed by atoms with Crippen LogP contribution in [0.1, 0.15) is 61.8 Å². The summed E-state index contributed by atoms with van der Waals surface area (Å²) in [7, 11) is 0. The highest BCUT2D eigenvalue weighted by atomic mass is 15.1. The van der Waals surface area contributed by atoms with Gasteiger partial charge in [0.25, 0.3) is 0 Å².